The summed E-state index contributed by atoms with van der Waals surface area (Å²) < 4.78 is 32.7. The van der Waals surface area contributed by atoms with E-state index in [1.165, 1.54) is 0 Å². The molecule has 0 N–H and O–H groups in total. The standard InChI is InChI=1S/C15H31N3O3S/c1-13-10-17(11-14(2)21-13)12-15-6-5-7-18(15)22(19,20)9-8-16(3)4/h13-15H,5-12H2,1-4H3/t13-,14-,15+/m1/s1. The maximum atomic E-state index is 12.6. The predicted octanol–water partition coefficient (Wildman–Crippen LogP) is 0.451. The highest BCUT2D eigenvalue weighted by Crippen LogP contribution is 2.23. The Balaban J connectivity index is 1.95. The van der Waals surface area contributed by atoms with Crippen LogP contribution in [0.2, 0.25) is 0 Å². The van der Waals surface area contributed by atoms with Crippen molar-refractivity contribution >= 4 is 10.0 Å². The van der Waals surface area contributed by atoms with Crippen molar-refractivity contribution in [3.8, 4) is 0 Å². The highest BCUT2D eigenvalue weighted by molar-refractivity contribution is 7.89. The molecular weight excluding hydrogens is 302 g/mol. The Morgan fingerprint density at radius 3 is 2.41 bits per heavy atom. The van der Waals surface area contributed by atoms with E-state index in [9.17, 15) is 8.42 Å². The van der Waals surface area contributed by atoms with Gasteiger partial charge in [0.25, 0.3) is 0 Å². The van der Waals surface area contributed by atoms with Gasteiger partial charge in [0.05, 0.1) is 18.0 Å². The normalized spacial score (nSPS) is 32.0. The van der Waals surface area contributed by atoms with Crippen LogP contribution in [0.5, 0.6) is 0 Å². The van der Waals surface area contributed by atoms with Gasteiger partial charge in [-0.05, 0) is 40.8 Å². The Bertz CT molecular complexity index is 445. The third kappa shape index (κ3) is 4.89. The Hall–Kier alpha value is -0.210. The van der Waals surface area contributed by atoms with Crippen LogP contribution in [0.4, 0.5) is 0 Å². The van der Waals surface area contributed by atoms with Crippen molar-refractivity contribution in [1.29, 1.82) is 0 Å². The average Bonchev–Trinajstić information content (AvgIpc) is 2.84. The molecule has 22 heavy (non-hydrogen) atoms. The summed E-state index contributed by atoms with van der Waals surface area (Å²) in [5.41, 5.74) is 0. The van der Waals surface area contributed by atoms with Crippen LogP contribution in [-0.2, 0) is 14.8 Å². The van der Waals surface area contributed by atoms with Gasteiger partial charge in [-0.3, -0.25) is 4.90 Å². The number of sulfonamides is 1. The summed E-state index contributed by atoms with van der Waals surface area (Å²) in [4.78, 5) is 4.29. The second kappa shape index (κ2) is 7.57. The zero-order valence-electron chi connectivity index (χ0n) is 14.4. The zero-order valence-corrected chi connectivity index (χ0v) is 15.2. The van der Waals surface area contributed by atoms with Crippen molar-refractivity contribution in [2.24, 2.45) is 0 Å². The molecule has 0 radical (unpaired) electrons. The Morgan fingerprint density at radius 2 is 1.82 bits per heavy atom. The lowest BCUT2D eigenvalue weighted by atomic mass is 10.1. The lowest BCUT2D eigenvalue weighted by molar-refractivity contribution is -0.0707. The first-order valence-corrected chi connectivity index (χ1v) is 9.91. The van der Waals surface area contributed by atoms with Gasteiger partial charge in [0.1, 0.15) is 0 Å². The Morgan fingerprint density at radius 1 is 1.18 bits per heavy atom. The first-order chi connectivity index (χ1) is 10.3. The molecule has 0 aromatic carbocycles. The summed E-state index contributed by atoms with van der Waals surface area (Å²) in [6.45, 7) is 8.05. The molecule has 0 unspecified atom stereocenters. The minimum Gasteiger partial charge on any atom is -0.373 e. The molecule has 130 valence electrons. The van der Waals surface area contributed by atoms with Crippen LogP contribution in [0.1, 0.15) is 26.7 Å². The van der Waals surface area contributed by atoms with Crippen molar-refractivity contribution in [1.82, 2.24) is 14.1 Å². The molecule has 0 saturated carbocycles. The quantitative estimate of drug-likeness (QED) is 0.706. The minimum atomic E-state index is -3.15. The molecule has 2 saturated heterocycles. The lowest BCUT2D eigenvalue weighted by Crippen LogP contribution is -2.51. The number of morpholine rings is 1. The first kappa shape index (κ1) is 18.1. The summed E-state index contributed by atoms with van der Waals surface area (Å²) in [6, 6.07) is 0.129. The number of ether oxygens (including phenoxy) is 1. The molecule has 2 heterocycles. The van der Waals surface area contributed by atoms with E-state index in [-0.39, 0.29) is 24.0 Å². The van der Waals surface area contributed by atoms with Crippen LogP contribution in [0.15, 0.2) is 0 Å². The molecule has 0 aliphatic carbocycles. The van der Waals surface area contributed by atoms with Crippen LogP contribution in [0.3, 0.4) is 0 Å². The molecule has 0 amide bonds. The maximum absolute atomic E-state index is 12.6. The summed E-state index contributed by atoms with van der Waals surface area (Å²) in [7, 11) is 0.672. The molecule has 3 atom stereocenters. The van der Waals surface area contributed by atoms with Gasteiger partial charge in [-0.25, -0.2) is 8.42 Å². The molecular formula is C15H31N3O3S. The van der Waals surface area contributed by atoms with Crippen LogP contribution >= 0.6 is 0 Å². The van der Waals surface area contributed by atoms with E-state index < -0.39 is 10.0 Å². The molecule has 2 aliphatic rings. The van der Waals surface area contributed by atoms with Crippen molar-refractivity contribution in [2.75, 3.05) is 52.6 Å². The average molecular weight is 333 g/mol. The molecule has 6 nitrogen and oxygen atoms in total. The Kier molecular flexibility index (Phi) is 6.24. The van der Waals surface area contributed by atoms with E-state index in [0.717, 1.165) is 32.5 Å². The zero-order chi connectivity index (χ0) is 16.3. The third-order valence-corrected chi connectivity index (χ3v) is 6.33. The van der Waals surface area contributed by atoms with E-state index in [0.29, 0.717) is 13.1 Å². The molecule has 2 fully saturated rings. The fourth-order valence-electron chi connectivity index (χ4n) is 3.50. The van der Waals surface area contributed by atoms with E-state index in [4.69, 9.17) is 4.74 Å². The molecule has 0 aromatic heterocycles. The fraction of sp³-hybridized carbons (Fsp3) is 1.00. The van der Waals surface area contributed by atoms with Gasteiger partial charge in [-0.2, -0.15) is 4.31 Å². The van der Waals surface area contributed by atoms with Crippen molar-refractivity contribution in [3.05, 3.63) is 0 Å². The molecule has 7 heteroatoms. The van der Waals surface area contributed by atoms with Gasteiger partial charge in [-0.15, -0.1) is 0 Å². The van der Waals surface area contributed by atoms with Crippen LogP contribution in [-0.4, -0.2) is 93.3 Å². The van der Waals surface area contributed by atoms with Crippen molar-refractivity contribution in [2.45, 2.75) is 44.9 Å². The first-order valence-electron chi connectivity index (χ1n) is 8.30. The largest absolute Gasteiger partial charge is 0.373 e. The van der Waals surface area contributed by atoms with Gasteiger partial charge in [0.2, 0.25) is 10.0 Å². The van der Waals surface area contributed by atoms with Gasteiger partial charge in [0.15, 0.2) is 0 Å². The second-order valence-corrected chi connectivity index (χ2v) is 9.04. The number of hydrogen-bond donors (Lipinski definition) is 0. The van der Waals surface area contributed by atoms with E-state index in [2.05, 4.69) is 18.7 Å². The molecule has 0 spiro atoms. The van der Waals surface area contributed by atoms with E-state index in [1.807, 2.05) is 19.0 Å². The topological polar surface area (TPSA) is 53.1 Å². The smallest absolute Gasteiger partial charge is 0.215 e. The van der Waals surface area contributed by atoms with Gasteiger partial charge < -0.3 is 9.64 Å². The highest BCUT2D eigenvalue weighted by Gasteiger charge is 2.36. The second-order valence-electron chi connectivity index (χ2n) is 7.00. The van der Waals surface area contributed by atoms with Gasteiger partial charge in [-0.1, -0.05) is 0 Å². The molecule has 0 aromatic rings. The van der Waals surface area contributed by atoms with Crippen LogP contribution < -0.4 is 0 Å². The number of nitrogens with zero attached hydrogens (tertiary/aromatic N) is 3. The summed E-state index contributed by atoms with van der Waals surface area (Å²) in [5.74, 6) is 0.215. The van der Waals surface area contributed by atoms with Gasteiger partial charge in [0, 0.05) is 38.8 Å². The minimum absolute atomic E-state index is 0.129. The summed E-state index contributed by atoms with van der Waals surface area (Å²) in [5, 5.41) is 0. The monoisotopic (exact) mass is 333 g/mol. The molecule has 0 bridgehead atoms. The predicted molar refractivity (Wildman–Crippen MR) is 88.5 cm³/mol. The SMILES string of the molecule is C[C@@H]1CN(C[C@@H]2CCCN2S(=O)(=O)CCN(C)C)C[C@@H](C)O1. The number of hydrogen-bond acceptors (Lipinski definition) is 5. The van der Waals surface area contributed by atoms with Crippen LogP contribution in [0.25, 0.3) is 0 Å². The fourth-order valence-corrected chi connectivity index (χ4v) is 5.37. The molecule has 2 rings (SSSR count). The van der Waals surface area contributed by atoms with Gasteiger partial charge >= 0.3 is 0 Å². The third-order valence-electron chi connectivity index (χ3n) is 4.44. The molecule has 2 aliphatic heterocycles. The maximum Gasteiger partial charge on any atom is 0.215 e. The summed E-state index contributed by atoms with van der Waals surface area (Å²) in [6.07, 6.45) is 2.40. The summed E-state index contributed by atoms with van der Waals surface area (Å²) >= 11 is 0. The number of rotatable bonds is 6. The lowest BCUT2D eigenvalue weighted by Gasteiger charge is -2.38. The van der Waals surface area contributed by atoms with E-state index in [1.54, 1.807) is 4.31 Å². The Labute approximate surface area is 135 Å². The van der Waals surface area contributed by atoms with Crippen molar-refractivity contribution in [3.63, 3.8) is 0 Å². The highest BCUT2D eigenvalue weighted by atomic mass is 32.2. The van der Waals surface area contributed by atoms with E-state index >= 15 is 0 Å². The van der Waals surface area contributed by atoms with Crippen LogP contribution in [0, 0.1) is 0 Å². The van der Waals surface area contributed by atoms with Crippen molar-refractivity contribution < 1.29 is 13.2 Å².